The van der Waals surface area contributed by atoms with Gasteiger partial charge in [-0.25, -0.2) is 9.97 Å². The third-order valence-corrected chi connectivity index (χ3v) is 4.58. The van der Waals surface area contributed by atoms with Gasteiger partial charge in [0, 0.05) is 22.0 Å². The van der Waals surface area contributed by atoms with Gasteiger partial charge in [0.15, 0.2) is 5.82 Å². The van der Waals surface area contributed by atoms with Gasteiger partial charge in [-0.2, -0.15) is 0 Å². The molecule has 5 heteroatoms. The molecule has 1 heterocycles. The second-order valence-corrected chi connectivity index (χ2v) is 7.38. The highest BCUT2D eigenvalue weighted by Crippen LogP contribution is 2.28. The van der Waals surface area contributed by atoms with E-state index in [2.05, 4.69) is 71.4 Å². The first-order valence-electron chi connectivity index (χ1n) is 8.46. The number of rotatable bonds is 6. The van der Waals surface area contributed by atoms with Crippen LogP contribution >= 0.6 is 15.9 Å². The van der Waals surface area contributed by atoms with E-state index in [4.69, 9.17) is 9.97 Å². The van der Waals surface area contributed by atoms with Crippen molar-refractivity contribution in [2.24, 2.45) is 0 Å². The maximum atomic E-state index is 4.82. The molecular formula is C20H23BrN4. The monoisotopic (exact) mass is 398 g/mol. The Morgan fingerprint density at radius 2 is 1.88 bits per heavy atom. The van der Waals surface area contributed by atoms with E-state index < -0.39 is 0 Å². The molecule has 0 aliphatic carbocycles. The Kier molecular flexibility index (Phi) is 5.66. The largest absolute Gasteiger partial charge is 0.369 e. The zero-order valence-electron chi connectivity index (χ0n) is 14.9. The van der Waals surface area contributed by atoms with Gasteiger partial charge in [-0.15, -0.1) is 0 Å². The quantitative estimate of drug-likeness (QED) is 0.609. The topological polar surface area (TPSA) is 41.0 Å². The number of aromatic nitrogens is 2. The zero-order valence-corrected chi connectivity index (χ0v) is 16.5. The maximum Gasteiger partial charge on any atom is 0.162 e. The number of fused-ring (bicyclic) bond motifs is 1. The third-order valence-electron chi connectivity index (χ3n) is 4.09. The van der Waals surface area contributed by atoms with Crippen LogP contribution in [0.15, 0.2) is 46.9 Å². The van der Waals surface area contributed by atoms with Crippen LogP contribution in [0.25, 0.3) is 22.3 Å². The molecule has 0 unspecified atom stereocenters. The van der Waals surface area contributed by atoms with Gasteiger partial charge in [0.05, 0.1) is 5.52 Å². The smallest absolute Gasteiger partial charge is 0.162 e. The Bertz CT molecular complexity index is 877. The average Bonchev–Trinajstić information content (AvgIpc) is 2.59. The number of para-hydroxylation sites is 1. The molecule has 25 heavy (non-hydrogen) atoms. The predicted octanol–water partition coefficient (Wildman–Crippen LogP) is 4.73. The first-order valence-corrected chi connectivity index (χ1v) is 9.26. The van der Waals surface area contributed by atoms with Crippen LogP contribution in [-0.4, -0.2) is 42.1 Å². The molecule has 1 N–H and O–H groups in total. The molecule has 0 amide bonds. The van der Waals surface area contributed by atoms with Crippen molar-refractivity contribution in [1.29, 1.82) is 0 Å². The Morgan fingerprint density at radius 1 is 1.08 bits per heavy atom. The highest BCUT2D eigenvalue weighted by atomic mass is 79.9. The minimum atomic E-state index is 0.748. The zero-order chi connectivity index (χ0) is 17.8. The van der Waals surface area contributed by atoms with Crippen molar-refractivity contribution in [3.05, 3.63) is 52.5 Å². The van der Waals surface area contributed by atoms with Gasteiger partial charge in [-0.3, -0.25) is 0 Å². The van der Waals surface area contributed by atoms with E-state index >= 15 is 0 Å². The second kappa shape index (κ2) is 7.93. The molecule has 0 aliphatic rings. The molecule has 0 bridgehead atoms. The summed E-state index contributed by atoms with van der Waals surface area (Å²) in [6.07, 6.45) is 1.07. The molecule has 3 aromatic rings. The normalized spacial score (nSPS) is 11.2. The van der Waals surface area contributed by atoms with Crippen LogP contribution in [0.5, 0.6) is 0 Å². The summed E-state index contributed by atoms with van der Waals surface area (Å²) in [5.41, 5.74) is 3.17. The molecule has 2 aromatic carbocycles. The lowest BCUT2D eigenvalue weighted by Gasteiger charge is -2.14. The molecule has 3 rings (SSSR count). The maximum absolute atomic E-state index is 4.82. The first kappa shape index (κ1) is 17.8. The highest BCUT2D eigenvalue weighted by molar-refractivity contribution is 9.10. The average molecular weight is 399 g/mol. The molecule has 0 aliphatic heterocycles. The van der Waals surface area contributed by atoms with Gasteiger partial charge in [0.25, 0.3) is 0 Å². The summed E-state index contributed by atoms with van der Waals surface area (Å²) in [5.74, 6) is 1.65. The van der Waals surface area contributed by atoms with Crippen molar-refractivity contribution >= 4 is 32.7 Å². The minimum Gasteiger partial charge on any atom is -0.369 e. The lowest BCUT2D eigenvalue weighted by Crippen LogP contribution is -2.17. The van der Waals surface area contributed by atoms with Crippen LogP contribution in [0.2, 0.25) is 0 Å². The number of hydrogen-bond acceptors (Lipinski definition) is 4. The van der Waals surface area contributed by atoms with Crippen molar-refractivity contribution in [3.63, 3.8) is 0 Å². The summed E-state index contributed by atoms with van der Waals surface area (Å²) in [4.78, 5) is 11.8. The fraction of sp³-hybridized carbons (Fsp3) is 0.300. The SMILES string of the molecule is Cc1cccc2c(NCCCN(C)C)nc(-c3cccc(Br)c3)nc12. The number of anilines is 1. The van der Waals surface area contributed by atoms with Crippen LogP contribution in [0.4, 0.5) is 5.82 Å². The van der Waals surface area contributed by atoms with Crippen LogP contribution in [0.1, 0.15) is 12.0 Å². The van der Waals surface area contributed by atoms with Gasteiger partial charge >= 0.3 is 0 Å². The molecule has 0 radical (unpaired) electrons. The Morgan fingerprint density at radius 3 is 2.64 bits per heavy atom. The van der Waals surface area contributed by atoms with E-state index in [1.165, 1.54) is 0 Å². The summed E-state index contributed by atoms with van der Waals surface area (Å²) in [6, 6.07) is 14.3. The third kappa shape index (κ3) is 4.35. The van der Waals surface area contributed by atoms with Crippen molar-refractivity contribution < 1.29 is 0 Å². The van der Waals surface area contributed by atoms with Crippen LogP contribution in [0.3, 0.4) is 0 Å². The highest BCUT2D eigenvalue weighted by Gasteiger charge is 2.11. The van der Waals surface area contributed by atoms with E-state index in [9.17, 15) is 0 Å². The number of benzene rings is 2. The number of halogens is 1. The van der Waals surface area contributed by atoms with Gasteiger partial charge < -0.3 is 10.2 Å². The van der Waals surface area contributed by atoms with Gasteiger partial charge in [-0.05, 0) is 57.7 Å². The van der Waals surface area contributed by atoms with Crippen molar-refractivity contribution in [2.75, 3.05) is 32.5 Å². The van der Waals surface area contributed by atoms with Gasteiger partial charge in [0.2, 0.25) is 0 Å². The molecular weight excluding hydrogens is 376 g/mol. The number of aryl methyl sites for hydroxylation is 1. The molecule has 0 atom stereocenters. The molecule has 0 saturated heterocycles. The summed E-state index contributed by atoms with van der Waals surface area (Å²) in [7, 11) is 4.18. The number of nitrogens with one attached hydrogen (secondary N) is 1. The molecule has 0 spiro atoms. The molecule has 0 fully saturated rings. The Hall–Kier alpha value is -1.98. The van der Waals surface area contributed by atoms with E-state index in [1.54, 1.807) is 0 Å². The van der Waals surface area contributed by atoms with E-state index in [-0.39, 0.29) is 0 Å². The van der Waals surface area contributed by atoms with Crippen molar-refractivity contribution in [1.82, 2.24) is 14.9 Å². The van der Waals surface area contributed by atoms with E-state index in [0.29, 0.717) is 0 Å². The first-order chi connectivity index (χ1) is 12.0. The lowest BCUT2D eigenvalue weighted by atomic mass is 10.1. The fourth-order valence-electron chi connectivity index (χ4n) is 2.79. The second-order valence-electron chi connectivity index (χ2n) is 6.46. The van der Waals surface area contributed by atoms with E-state index in [0.717, 1.165) is 57.7 Å². The van der Waals surface area contributed by atoms with Crippen LogP contribution in [-0.2, 0) is 0 Å². The summed E-state index contributed by atoms with van der Waals surface area (Å²) >= 11 is 3.53. The van der Waals surface area contributed by atoms with Crippen LogP contribution in [0, 0.1) is 6.92 Å². The van der Waals surface area contributed by atoms with Gasteiger partial charge in [0.1, 0.15) is 5.82 Å². The fourth-order valence-corrected chi connectivity index (χ4v) is 3.19. The molecule has 1 aromatic heterocycles. The predicted molar refractivity (Wildman–Crippen MR) is 109 cm³/mol. The van der Waals surface area contributed by atoms with Crippen LogP contribution < -0.4 is 5.32 Å². The standard InChI is InChI=1S/C20H23BrN4/c1-14-7-4-10-17-18(14)23-19(15-8-5-9-16(21)13-15)24-20(17)22-11-6-12-25(2)3/h4-5,7-10,13H,6,11-12H2,1-3H3,(H,22,23,24). The lowest BCUT2D eigenvalue weighted by molar-refractivity contribution is 0.405. The van der Waals surface area contributed by atoms with Crippen molar-refractivity contribution in [2.45, 2.75) is 13.3 Å². The summed E-state index contributed by atoms with van der Waals surface area (Å²) in [5, 5.41) is 4.58. The van der Waals surface area contributed by atoms with E-state index in [1.807, 2.05) is 18.2 Å². The minimum absolute atomic E-state index is 0.748. The van der Waals surface area contributed by atoms with Gasteiger partial charge in [-0.1, -0.05) is 40.2 Å². The summed E-state index contributed by atoms with van der Waals surface area (Å²) in [6.45, 7) is 4.03. The van der Waals surface area contributed by atoms with Crippen molar-refractivity contribution in [3.8, 4) is 11.4 Å². The Balaban J connectivity index is 2.00. The number of hydrogen-bond donors (Lipinski definition) is 1. The molecule has 130 valence electrons. The number of nitrogens with zero attached hydrogens (tertiary/aromatic N) is 3. The summed E-state index contributed by atoms with van der Waals surface area (Å²) < 4.78 is 1.03. The molecule has 0 saturated carbocycles. The Labute approximate surface area is 157 Å². The molecule has 4 nitrogen and oxygen atoms in total.